The first-order valence-corrected chi connectivity index (χ1v) is 16.4. The summed E-state index contributed by atoms with van der Waals surface area (Å²) in [7, 11) is 2.08. The second kappa shape index (κ2) is 11.5. The van der Waals surface area contributed by atoms with Crippen molar-refractivity contribution in [3.63, 3.8) is 0 Å². The Balaban J connectivity index is 0.00000336. The maximum Gasteiger partial charge on any atom is 0.135 e. The molecule has 4 aromatic carbocycles. The van der Waals surface area contributed by atoms with Crippen LogP contribution in [-0.2, 0) is 26.5 Å². The molecule has 0 amide bonds. The second-order valence-corrected chi connectivity index (χ2v) is 14.0. The van der Waals surface area contributed by atoms with Crippen molar-refractivity contribution >= 4 is 70.5 Å². The molecule has 0 bridgehead atoms. The summed E-state index contributed by atoms with van der Waals surface area (Å²) in [6.45, 7) is 8.77. The number of pyridine rings is 2. The van der Waals surface area contributed by atoms with E-state index in [9.17, 15) is 0 Å². The van der Waals surface area contributed by atoms with E-state index in [1.807, 2.05) is 36.7 Å². The smallest absolute Gasteiger partial charge is 0.135 e. The van der Waals surface area contributed by atoms with Crippen molar-refractivity contribution in [3.8, 4) is 17.3 Å². The van der Waals surface area contributed by atoms with Gasteiger partial charge in [0.1, 0.15) is 10.6 Å². The van der Waals surface area contributed by atoms with Crippen molar-refractivity contribution in [2.75, 3.05) is 16.8 Å². The van der Waals surface area contributed by atoms with Crippen LogP contribution in [0.5, 0.6) is 11.5 Å². The van der Waals surface area contributed by atoms with Crippen LogP contribution < -0.4 is 14.5 Å². The minimum Gasteiger partial charge on any atom is -0.509 e. The Morgan fingerprint density at radius 3 is 2.50 bits per heavy atom. The normalized spacial score (nSPS) is 13.1. The number of aromatic nitrogens is 3. The Hall–Kier alpha value is -4.71. The van der Waals surface area contributed by atoms with Gasteiger partial charge in [0.2, 0.25) is 0 Å². The fraction of sp³-hybridized carbons (Fsp3) is 0.125. The van der Waals surface area contributed by atoms with Crippen molar-refractivity contribution in [3.05, 3.63) is 128 Å². The summed E-state index contributed by atoms with van der Waals surface area (Å²) in [6.07, 6.45) is 3.75. The van der Waals surface area contributed by atoms with E-state index in [0.717, 1.165) is 54.9 Å². The van der Waals surface area contributed by atoms with Gasteiger partial charge in [-0.05, 0) is 65.9 Å². The fourth-order valence-electron chi connectivity index (χ4n) is 6.61. The largest absolute Gasteiger partial charge is 0.509 e. The summed E-state index contributed by atoms with van der Waals surface area (Å²) in [5, 5.41) is 4.61. The molecule has 0 unspecified atom stereocenters. The zero-order chi connectivity index (χ0) is 31.9. The van der Waals surface area contributed by atoms with Gasteiger partial charge >= 0.3 is 0 Å². The molecule has 1 aliphatic heterocycles. The Morgan fingerprint density at radius 1 is 0.792 bits per heavy atom. The van der Waals surface area contributed by atoms with Crippen LogP contribution in [0.4, 0.5) is 17.1 Å². The zero-order valence-corrected chi connectivity index (χ0v) is 29.8. The molecule has 5 heterocycles. The van der Waals surface area contributed by atoms with E-state index in [4.69, 9.17) is 9.72 Å². The van der Waals surface area contributed by atoms with E-state index in [1.165, 1.54) is 15.6 Å². The number of hydrogen-bond acceptors (Lipinski definition) is 6. The van der Waals surface area contributed by atoms with Gasteiger partial charge in [0.15, 0.2) is 0 Å². The number of rotatable bonds is 4. The van der Waals surface area contributed by atoms with E-state index in [2.05, 4.69) is 133 Å². The van der Waals surface area contributed by atoms with Gasteiger partial charge in [0.25, 0.3) is 0 Å². The molecule has 8 aromatic rings. The number of ether oxygens (including phenoxy) is 1. The monoisotopic (exact) mass is 823 g/mol. The van der Waals surface area contributed by atoms with Crippen LogP contribution in [0.15, 0.2) is 103 Å². The Kier molecular flexibility index (Phi) is 7.31. The summed E-state index contributed by atoms with van der Waals surface area (Å²) >= 11 is 1.72. The van der Waals surface area contributed by atoms with Gasteiger partial charge in [-0.25, -0.2) is 9.97 Å². The Bertz CT molecular complexity index is 2510. The van der Waals surface area contributed by atoms with Gasteiger partial charge in [-0.15, -0.1) is 52.7 Å². The van der Waals surface area contributed by atoms with E-state index in [0.29, 0.717) is 11.5 Å². The number of fused-ring (bicyclic) bond motifs is 8. The molecular weight excluding hydrogens is 794 g/mol. The number of nitrogens with zero attached hydrogens (tertiary/aromatic N) is 5. The van der Waals surface area contributed by atoms with Crippen LogP contribution in [0.25, 0.3) is 47.9 Å². The number of benzene rings is 4. The molecule has 0 saturated heterocycles. The summed E-state index contributed by atoms with van der Waals surface area (Å²) in [4.78, 5) is 14.8. The molecule has 0 N–H and O–H groups in total. The van der Waals surface area contributed by atoms with Crippen LogP contribution in [0.2, 0.25) is 0 Å². The summed E-state index contributed by atoms with van der Waals surface area (Å²) in [6, 6.07) is 38.5. The topological polar surface area (TPSA) is 46.4 Å². The van der Waals surface area contributed by atoms with Gasteiger partial charge in [0.05, 0.1) is 0 Å². The molecule has 240 valence electrons. The summed E-state index contributed by atoms with van der Waals surface area (Å²) in [5.74, 6) is 2.09. The number of hydrogen-bond donors (Lipinski definition) is 0. The number of para-hydroxylation sites is 1. The molecule has 0 aliphatic carbocycles. The molecule has 48 heavy (non-hydrogen) atoms. The van der Waals surface area contributed by atoms with E-state index in [1.54, 1.807) is 11.3 Å². The minimum absolute atomic E-state index is 0. The molecular formula is C40H30N5OPtS-3. The summed E-state index contributed by atoms with van der Waals surface area (Å²) in [5.41, 5.74) is 6.37. The zero-order valence-electron chi connectivity index (χ0n) is 26.8. The third-order valence-electron chi connectivity index (χ3n) is 8.90. The quantitative estimate of drug-likeness (QED) is 0.166. The maximum atomic E-state index is 6.50. The Labute approximate surface area is 297 Å². The van der Waals surface area contributed by atoms with Crippen molar-refractivity contribution in [2.24, 2.45) is 0 Å². The molecule has 0 spiro atoms. The van der Waals surface area contributed by atoms with Crippen LogP contribution in [-0.4, -0.2) is 21.6 Å². The third kappa shape index (κ3) is 4.87. The number of thiophene rings is 1. The first-order valence-electron chi connectivity index (χ1n) is 15.6. The predicted molar refractivity (Wildman–Crippen MR) is 193 cm³/mol. The van der Waals surface area contributed by atoms with Crippen LogP contribution in [0.1, 0.15) is 26.3 Å². The standard InChI is InChI=1S/C40H30N5OS.Pt/c1-40(2,3)25-18-20-41-36(21-25)45-32-13-6-5-11-29(32)30-15-14-28(23-34(30)45)46-27-10-7-9-26(22-27)44-24-43(4)33-16-17-35-37(38(33)44)31-12-8-19-42-39(31)47-35;/h5-21,24H,1-4H3;/q-3;. The first-order chi connectivity index (χ1) is 22.8. The molecule has 8 heteroatoms. The molecule has 0 atom stereocenters. The molecule has 1 aliphatic rings. The molecule has 9 rings (SSSR count). The Morgan fingerprint density at radius 2 is 1.62 bits per heavy atom. The van der Waals surface area contributed by atoms with Crippen LogP contribution in [0.3, 0.4) is 0 Å². The third-order valence-corrected chi connectivity index (χ3v) is 9.98. The van der Waals surface area contributed by atoms with Gasteiger partial charge in [-0.3, -0.25) is 0 Å². The van der Waals surface area contributed by atoms with Gasteiger partial charge in [0, 0.05) is 77.3 Å². The minimum atomic E-state index is -0.00341. The molecule has 4 aromatic heterocycles. The number of anilines is 3. The van der Waals surface area contributed by atoms with Crippen molar-refractivity contribution in [1.29, 1.82) is 0 Å². The molecule has 0 saturated carbocycles. The van der Waals surface area contributed by atoms with Gasteiger partial charge in [-0.1, -0.05) is 44.5 Å². The SMILES string of the molecule is CN1[CH-]N(c2[c-]c(Oc3[c-]c4c(cc3)c3ccccc3n4-c3cc(C(C)(C)C)ccn3)ccc2)c2c1ccc1sc3ncccc3c21.[Pt]. The van der Waals surface area contributed by atoms with E-state index >= 15 is 0 Å². The van der Waals surface area contributed by atoms with Crippen molar-refractivity contribution in [2.45, 2.75) is 26.2 Å². The molecule has 0 fully saturated rings. The predicted octanol–water partition coefficient (Wildman–Crippen LogP) is 10.3. The van der Waals surface area contributed by atoms with Crippen molar-refractivity contribution < 1.29 is 25.8 Å². The van der Waals surface area contributed by atoms with Crippen LogP contribution >= 0.6 is 11.3 Å². The average Bonchev–Trinajstić information content (AvgIpc) is 3.73. The van der Waals surface area contributed by atoms with Crippen molar-refractivity contribution in [1.82, 2.24) is 14.5 Å². The maximum absolute atomic E-state index is 6.50. The second-order valence-electron chi connectivity index (χ2n) is 13.0. The molecule has 0 radical (unpaired) electrons. The average molecular weight is 824 g/mol. The van der Waals surface area contributed by atoms with Gasteiger partial charge < -0.3 is 19.1 Å². The fourth-order valence-corrected chi connectivity index (χ4v) is 7.66. The first kappa shape index (κ1) is 30.6. The van der Waals surface area contributed by atoms with E-state index in [-0.39, 0.29) is 26.5 Å². The van der Waals surface area contributed by atoms with E-state index < -0.39 is 0 Å². The molecule has 6 nitrogen and oxygen atoms in total. The van der Waals surface area contributed by atoms with Gasteiger partial charge in [-0.2, -0.15) is 18.8 Å². The summed E-state index contributed by atoms with van der Waals surface area (Å²) < 4.78 is 9.89. The van der Waals surface area contributed by atoms with Crippen LogP contribution in [0, 0.1) is 18.8 Å².